The van der Waals surface area contributed by atoms with Gasteiger partial charge in [0.05, 0.1) is 6.61 Å². The van der Waals surface area contributed by atoms with E-state index in [0.717, 1.165) is 70.6 Å². The van der Waals surface area contributed by atoms with Crippen molar-refractivity contribution >= 4 is 19.8 Å². The highest BCUT2D eigenvalue weighted by molar-refractivity contribution is 7.46. The van der Waals surface area contributed by atoms with E-state index in [1.165, 1.54) is 19.3 Å². The van der Waals surface area contributed by atoms with Crippen molar-refractivity contribution in [1.82, 2.24) is 0 Å². The van der Waals surface area contributed by atoms with Crippen LogP contribution in [0.2, 0.25) is 0 Å². The molecule has 9 heteroatoms. The fourth-order valence-electron chi connectivity index (χ4n) is 4.46. The van der Waals surface area contributed by atoms with Gasteiger partial charge in [0.1, 0.15) is 6.61 Å². The number of carbonyl (C=O) groups excluding carboxylic acids is 2. The maximum atomic E-state index is 12.3. The zero-order chi connectivity index (χ0) is 38.2. The molecule has 0 fully saturated rings. The van der Waals surface area contributed by atoms with Crippen LogP contribution in [0.1, 0.15) is 129 Å². The number of hydrogen-bond acceptors (Lipinski definition) is 6. The Morgan fingerprint density at radius 2 is 0.942 bits per heavy atom. The third-order valence-electron chi connectivity index (χ3n) is 7.29. The molecule has 52 heavy (non-hydrogen) atoms. The van der Waals surface area contributed by atoms with Gasteiger partial charge in [0, 0.05) is 12.8 Å². The number of rotatable bonds is 33. The first kappa shape index (κ1) is 48.7. The molecule has 292 valence electrons. The second-order valence-corrected chi connectivity index (χ2v) is 13.4. The lowest BCUT2D eigenvalue weighted by molar-refractivity contribution is -0.161. The Kier molecular flexibility index (Phi) is 35.1. The quantitative estimate of drug-likeness (QED) is 0.0295. The maximum Gasteiger partial charge on any atom is 0.469 e. The Labute approximate surface area is 315 Å². The average molecular weight is 743 g/mol. The Morgan fingerprint density at radius 1 is 0.519 bits per heavy atom. The fraction of sp³-hybridized carbons (Fsp3) is 0.535. The van der Waals surface area contributed by atoms with Crippen LogP contribution in [0.25, 0.3) is 0 Å². The van der Waals surface area contributed by atoms with Gasteiger partial charge in [0.2, 0.25) is 0 Å². The van der Waals surface area contributed by atoms with Crippen molar-refractivity contribution in [2.45, 2.75) is 136 Å². The maximum absolute atomic E-state index is 12.3. The standard InChI is InChI=1S/C43H67O8P/c1-3-5-7-9-11-13-15-17-19-20-21-22-24-25-27-29-31-33-35-37-42(44)49-39-41(40-50-52(46,47)48)51-43(45)38-36-34-32-30-28-26-23-18-16-14-12-10-8-6-4-2/h5,7,11-14,17-19,21-23,25,27-28,30-31,33,41H,3-4,6,8-10,15-16,20,24,26,29,32,34-40H2,1-2H3,(H2,46,47,48)/b7-5+,13-11+,14-12+,19-17+,22-21+,23-18+,27-25+,30-28+,33-31+/t41-/m1/s1. The van der Waals surface area contributed by atoms with Crippen molar-refractivity contribution < 1.29 is 37.9 Å². The SMILES string of the molecule is CC/C=C/C/C=C/C/C=C/C/C=C/C/C=C/C/C=C/CCC(=O)OC[C@H](COP(=O)(O)O)OC(=O)CCCC/C=C/C/C=C/C/C=C/CCCCC. The molecule has 0 unspecified atom stereocenters. The van der Waals surface area contributed by atoms with E-state index in [0.29, 0.717) is 12.8 Å². The zero-order valence-electron chi connectivity index (χ0n) is 31.9. The first-order valence-electron chi connectivity index (χ1n) is 19.2. The van der Waals surface area contributed by atoms with E-state index in [1.54, 1.807) is 0 Å². The summed E-state index contributed by atoms with van der Waals surface area (Å²) in [4.78, 5) is 42.7. The van der Waals surface area contributed by atoms with Gasteiger partial charge in [-0.3, -0.25) is 14.1 Å². The molecule has 8 nitrogen and oxygen atoms in total. The van der Waals surface area contributed by atoms with Crippen LogP contribution in [0.5, 0.6) is 0 Å². The van der Waals surface area contributed by atoms with Crippen molar-refractivity contribution in [3.05, 3.63) is 109 Å². The molecule has 0 amide bonds. The molecule has 0 aromatic rings. The molecule has 0 rings (SSSR count). The van der Waals surface area contributed by atoms with Crippen molar-refractivity contribution in [1.29, 1.82) is 0 Å². The van der Waals surface area contributed by atoms with Gasteiger partial charge in [-0.2, -0.15) is 0 Å². The minimum atomic E-state index is -4.79. The van der Waals surface area contributed by atoms with Gasteiger partial charge in [0.15, 0.2) is 6.10 Å². The Balaban J connectivity index is 4.19. The minimum absolute atomic E-state index is 0.127. The van der Waals surface area contributed by atoms with Gasteiger partial charge in [0.25, 0.3) is 0 Å². The normalized spacial score (nSPS) is 13.7. The molecule has 0 aliphatic heterocycles. The molecule has 2 N–H and O–H groups in total. The molecular formula is C43H67O8P. The van der Waals surface area contributed by atoms with Crippen LogP contribution in [0.3, 0.4) is 0 Å². The molecule has 0 aliphatic carbocycles. The summed E-state index contributed by atoms with van der Waals surface area (Å²) >= 11 is 0. The molecule has 0 saturated heterocycles. The molecule has 0 saturated carbocycles. The number of ether oxygens (including phenoxy) is 2. The largest absolute Gasteiger partial charge is 0.469 e. The smallest absolute Gasteiger partial charge is 0.462 e. The molecule has 0 aromatic heterocycles. The van der Waals surface area contributed by atoms with Crippen LogP contribution in [-0.2, 0) is 28.2 Å². The van der Waals surface area contributed by atoms with Gasteiger partial charge in [-0.25, -0.2) is 4.57 Å². The van der Waals surface area contributed by atoms with Crippen LogP contribution in [-0.4, -0.2) is 41.0 Å². The summed E-state index contributed by atoms with van der Waals surface area (Å²) in [5, 5.41) is 0. The molecule has 0 radical (unpaired) electrons. The van der Waals surface area contributed by atoms with Crippen molar-refractivity contribution in [2.24, 2.45) is 0 Å². The summed E-state index contributed by atoms with van der Waals surface area (Å²) in [6.45, 7) is 3.41. The van der Waals surface area contributed by atoms with E-state index in [9.17, 15) is 14.2 Å². The zero-order valence-corrected chi connectivity index (χ0v) is 32.8. The first-order chi connectivity index (χ1) is 25.3. The molecule has 1 atom stereocenters. The van der Waals surface area contributed by atoms with Crippen LogP contribution in [0.15, 0.2) is 109 Å². The Hall–Kier alpha value is -3.29. The molecule has 0 spiro atoms. The monoisotopic (exact) mass is 742 g/mol. The summed E-state index contributed by atoms with van der Waals surface area (Å²) in [5.74, 6) is -1.04. The Bertz CT molecular complexity index is 1200. The number of allylic oxidation sites excluding steroid dienone is 18. The van der Waals surface area contributed by atoms with Gasteiger partial charge >= 0.3 is 19.8 Å². The minimum Gasteiger partial charge on any atom is -0.462 e. The van der Waals surface area contributed by atoms with Gasteiger partial charge in [-0.15, -0.1) is 0 Å². The van der Waals surface area contributed by atoms with Gasteiger partial charge < -0.3 is 19.3 Å². The first-order valence-corrected chi connectivity index (χ1v) is 20.7. The summed E-state index contributed by atoms with van der Waals surface area (Å²) in [5.41, 5.74) is 0. The molecule has 0 heterocycles. The number of esters is 2. The number of unbranched alkanes of at least 4 members (excludes halogenated alkanes) is 5. The number of phosphoric acid groups is 1. The molecular weight excluding hydrogens is 675 g/mol. The van der Waals surface area contributed by atoms with E-state index in [1.807, 2.05) is 12.2 Å². The van der Waals surface area contributed by atoms with Gasteiger partial charge in [-0.05, 0) is 89.9 Å². The Morgan fingerprint density at radius 3 is 1.38 bits per heavy atom. The molecule has 0 aromatic carbocycles. The predicted molar refractivity (Wildman–Crippen MR) is 216 cm³/mol. The van der Waals surface area contributed by atoms with Gasteiger partial charge in [-0.1, -0.05) is 136 Å². The summed E-state index contributed by atoms with van der Waals surface area (Å²) in [7, 11) is -4.79. The summed E-state index contributed by atoms with van der Waals surface area (Å²) in [6.07, 6.45) is 52.5. The highest BCUT2D eigenvalue weighted by atomic mass is 31.2. The summed E-state index contributed by atoms with van der Waals surface area (Å²) < 4.78 is 26.2. The van der Waals surface area contributed by atoms with Crippen LogP contribution < -0.4 is 0 Å². The number of carbonyl (C=O) groups is 2. The third kappa shape index (κ3) is 39.5. The second-order valence-electron chi connectivity index (χ2n) is 12.2. The second kappa shape index (κ2) is 37.5. The number of hydrogen-bond donors (Lipinski definition) is 2. The molecule has 0 aliphatic rings. The van der Waals surface area contributed by atoms with Crippen LogP contribution in [0.4, 0.5) is 0 Å². The lowest BCUT2D eigenvalue weighted by atomic mass is 10.1. The number of phosphoric ester groups is 1. The van der Waals surface area contributed by atoms with Crippen molar-refractivity contribution in [2.75, 3.05) is 13.2 Å². The van der Waals surface area contributed by atoms with E-state index < -0.39 is 32.5 Å². The lowest BCUT2D eigenvalue weighted by Crippen LogP contribution is -2.29. The van der Waals surface area contributed by atoms with E-state index in [2.05, 4.69) is 116 Å². The summed E-state index contributed by atoms with van der Waals surface area (Å²) in [6, 6.07) is 0. The lowest BCUT2D eigenvalue weighted by Gasteiger charge is -2.18. The predicted octanol–water partition coefficient (Wildman–Crippen LogP) is 11.6. The topological polar surface area (TPSA) is 119 Å². The highest BCUT2D eigenvalue weighted by Gasteiger charge is 2.22. The molecule has 0 bridgehead atoms. The average Bonchev–Trinajstić information content (AvgIpc) is 3.11. The van der Waals surface area contributed by atoms with E-state index >= 15 is 0 Å². The van der Waals surface area contributed by atoms with Crippen molar-refractivity contribution in [3.63, 3.8) is 0 Å². The van der Waals surface area contributed by atoms with E-state index in [4.69, 9.17) is 19.3 Å². The van der Waals surface area contributed by atoms with Crippen molar-refractivity contribution in [3.8, 4) is 0 Å². The van der Waals surface area contributed by atoms with Crippen LogP contribution >= 0.6 is 7.82 Å². The van der Waals surface area contributed by atoms with E-state index in [-0.39, 0.29) is 19.4 Å². The highest BCUT2D eigenvalue weighted by Crippen LogP contribution is 2.35. The van der Waals surface area contributed by atoms with Crippen LogP contribution in [0, 0.1) is 0 Å². The fourth-order valence-corrected chi connectivity index (χ4v) is 4.82. The third-order valence-corrected chi connectivity index (χ3v) is 7.77.